The van der Waals surface area contributed by atoms with Gasteiger partial charge in [0.25, 0.3) is 5.69 Å². The van der Waals surface area contributed by atoms with Crippen molar-refractivity contribution in [2.75, 3.05) is 26.1 Å². The van der Waals surface area contributed by atoms with Crippen LogP contribution in [0.1, 0.15) is 13.8 Å². The van der Waals surface area contributed by atoms with Gasteiger partial charge in [0.05, 0.1) is 31.8 Å². The van der Waals surface area contributed by atoms with Crippen molar-refractivity contribution in [3.05, 3.63) is 22.2 Å². The molecule has 8 nitrogen and oxygen atoms in total. The number of carbonyl (C=O) groups excluding carboxylic acids is 1. The zero-order chi connectivity index (χ0) is 16.0. The van der Waals surface area contributed by atoms with Gasteiger partial charge >= 0.3 is 0 Å². The van der Waals surface area contributed by atoms with Crippen LogP contribution < -0.4 is 20.1 Å². The van der Waals surface area contributed by atoms with E-state index in [1.165, 1.54) is 26.4 Å². The normalized spacial score (nSPS) is 10.1. The Morgan fingerprint density at radius 3 is 2.33 bits per heavy atom. The maximum Gasteiger partial charge on any atom is 0.296 e. The molecule has 1 amide bonds. The minimum Gasteiger partial charge on any atom is -0.493 e. The molecule has 0 fully saturated rings. The molecule has 0 aliphatic carbocycles. The lowest BCUT2D eigenvalue weighted by atomic mass is 10.2. The fraction of sp³-hybridized carbons (Fsp3) is 0.462. The molecule has 1 rings (SSSR count). The SMILES string of the molecule is COc1cc(NCC(=O)NC(C)C)c([N+](=O)[O-])cc1OC. The smallest absolute Gasteiger partial charge is 0.296 e. The van der Waals surface area contributed by atoms with Crippen LogP contribution in [0.4, 0.5) is 11.4 Å². The number of ether oxygens (including phenoxy) is 2. The fourth-order valence-corrected chi connectivity index (χ4v) is 1.71. The molecule has 0 heterocycles. The summed E-state index contributed by atoms with van der Waals surface area (Å²) in [6.07, 6.45) is 0. The molecule has 0 aliphatic rings. The minimum atomic E-state index is -0.551. The highest BCUT2D eigenvalue weighted by Crippen LogP contribution is 2.37. The number of nitro groups is 1. The number of rotatable bonds is 7. The maximum absolute atomic E-state index is 11.6. The Balaban J connectivity index is 2.99. The lowest BCUT2D eigenvalue weighted by Crippen LogP contribution is -2.34. The Morgan fingerprint density at radius 2 is 1.86 bits per heavy atom. The third-order valence-corrected chi connectivity index (χ3v) is 2.59. The molecule has 0 atom stereocenters. The number of carbonyl (C=O) groups is 1. The predicted molar refractivity (Wildman–Crippen MR) is 78.0 cm³/mol. The van der Waals surface area contributed by atoms with Gasteiger partial charge in [0.1, 0.15) is 5.69 Å². The van der Waals surface area contributed by atoms with Gasteiger partial charge in [-0.2, -0.15) is 0 Å². The molecule has 0 aliphatic heterocycles. The molecule has 0 radical (unpaired) electrons. The number of hydrogen-bond donors (Lipinski definition) is 2. The van der Waals surface area contributed by atoms with Crippen LogP contribution in [0, 0.1) is 10.1 Å². The van der Waals surface area contributed by atoms with Gasteiger partial charge < -0.3 is 20.1 Å². The van der Waals surface area contributed by atoms with E-state index in [0.717, 1.165) is 0 Å². The minimum absolute atomic E-state index is 0.000288. The van der Waals surface area contributed by atoms with Gasteiger partial charge in [0.2, 0.25) is 5.91 Å². The summed E-state index contributed by atoms with van der Waals surface area (Å²) in [6, 6.07) is 2.68. The summed E-state index contributed by atoms with van der Waals surface area (Å²) in [5, 5.41) is 16.5. The summed E-state index contributed by atoms with van der Waals surface area (Å²) in [7, 11) is 2.82. The summed E-state index contributed by atoms with van der Waals surface area (Å²) in [6.45, 7) is 3.59. The van der Waals surface area contributed by atoms with Crippen molar-refractivity contribution >= 4 is 17.3 Å². The van der Waals surface area contributed by atoms with E-state index in [0.29, 0.717) is 5.75 Å². The van der Waals surface area contributed by atoms with Crippen LogP contribution in [0.15, 0.2) is 12.1 Å². The first-order valence-electron chi connectivity index (χ1n) is 6.32. The van der Waals surface area contributed by atoms with E-state index >= 15 is 0 Å². The molecule has 21 heavy (non-hydrogen) atoms. The molecule has 0 unspecified atom stereocenters. The lowest BCUT2D eigenvalue weighted by molar-refractivity contribution is -0.384. The van der Waals surface area contributed by atoms with Gasteiger partial charge in [-0.15, -0.1) is 0 Å². The Kier molecular flexibility index (Phi) is 5.77. The molecule has 8 heteroatoms. The fourth-order valence-electron chi connectivity index (χ4n) is 1.71. The number of benzene rings is 1. The van der Waals surface area contributed by atoms with Crippen molar-refractivity contribution in [2.24, 2.45) is 0 Å². The number of hydrogen-bond acceptors (Lipinski definition) is 6. The molecule has 0 bridgehead atoms. The van der Waals surface area contributed by atoms with E-state index in [1.807, 2.05) is 13.8 Å². The van der Waals surface area contributed by atoms with Crippen molar-refractivity contribution < 1.29 is 19.2 Å². The van der Waals surface area contributed by atoms with Crippen molar-refractivity contribution in [1.29, 1.82) is 0 Å². The number of methoxy groups -OCH3 is 2. The molecule has 0 saturated heterocycles. The zero-order valence-electron chi connectivity index (χ0n) is 12.4. The third-order valence-electron chi connectivity index (χ3n) is 2.59. The quantitative estimate of drug-likeness (QED) is 0.584. The standard InChI is InChI=1S/C13H19N3O5/c1-8(2)15-13(17)7-14-9-5-11(20-3)12(21-4)6-10(9)16(18)19/h5-6,8,14H,7H2,1-4H3,(H,15,17). The van der Waals surface area contributed by atoms with Crippen LogP contribution in [0.3, 0.4) is 0 Å². The van der Waals surface area contributed by atoms with Crippen LogP contribution in [0.5, 0.6) is 11.5 Å². The summed E-state index contributed by atoms with van der Waals surface area (Å²) < 4.78 is 10.1. The highest BCUT2D eigenvalue weighted by Gasteiger charge is 2.20. The molecule has 2 N–H and O–H groups in total. The molecule has 1 aromatic rings. The Labute approximate surface area is 122 Å². The van der Waals surface area contributed by atoms with Crippen LogP contribution in [0.25, 0.3) is 0 Å². The first-order valence-corrected chi connectivity index (χ1v) is 6.32. The van der Waals surface area contributed by atoms with Crippen LogP contribution in [-0.4, -0.2) is 37.6 Å². The number of nitrogens with one attached hydrogen (secondary N) is 2. The van der Waals surface area contributed by atoms with E-state index in [4.69, 9.17) is 9.47 Å². The Bertz CT molecular complexity index is 531. The summed E-state index contributed by atoms with van der Waals surface area (Å²) >= 11 is 0. The van der Waals surface area contributed by atoms with E-state index in [-0.39, 0.29) is 35.6 Å². The van der Waals surface area contributed by atoms with Crippen molar-refractivity contribution in [3.63, 3.8) is 0 Å². The summed E-state index contributed by atoms with van der Waals surface area (Å²) in [5.74, 6) is 0.338. The van der Waals surface area contributed by atoms with Crippen molar-refractivity contribution in [1.82, 2.24) is 5.32 Å². The van der Waals surface area contributed by atoms with E-state index < -0.39 is 4.92 Å². The topological polar surface area (TPSA) is 103 Å². The number of nitrogens with zero attached hydrogens (tertiary/aromatic N) is 1. The lowest BCUT2D eigenvalue weighted by Gasteiger charge is -2.13. The van der Waals surface area contributed by atoms with E-state index in [1.54, 1.807) is 0 Å². The van der Waals surface area contributed by atoms with Crippen LogP contribution in [0.2, 0.25) is 0 Å². The zero-order valence-corrected chi connectivity index (χ0v) is 12.4. The molecule has 1 aromatic carbocycles. The molecule has 0 spiro atoms. The summed E-state index contributed by atoms with van der Waals surface area (Å²) in [4.78, 5) is 22.1. The number of nitro benzene ring substituents is 1. The number of amides is 1. The predicted octanol–water partition coefficient (Wildman–Crippen LogP) is 1.55. The molecular weight excluding hydrogens is 278 g/mol. The van der Waals surface area contributed by atoms with Crippen LogP contribution >= 0.6 is 0 Å². The van der Waals surface area contributed by atoms with Gasteiger partial charge in [-0.05, 0) is 13.8 Å². The van der Waals surface area contributed by atoms with Crippen LogP contribution in [-0.2, 0) is 4.79 Å². The van der Waals surface area contributed by atoms with Gasteiger partial charge in [-0.25, -0.2) is 0 Å². The molecular formula is C13H19N3O5. The Morgan fingerprint density at radius 1 is 1.29 bits per heavy atom. The van der Waals surface area contributed by atoms with Gasteiger partial charge in [-0.3, -0.25) is 14.9 Å². The average molecular weight is 297 g/mol. The second kappa shape index (κ2) is 7.32. The van der Waals surface area contributed by atoms with Crippen molar-refractivity contribution in [3.8, 4) is 11.5 Å². The maximum atomic E-state index is 11.6. The van der Waals surface area contributed by atoms with Gasteiger partial charge in [-0.1, -0.05) is 0 Å². The van der Waals surface area contributed by atoms with Crippen molar-refractivity contribution in [2.45, 2.75) is 19.9 Å². The highest BCUT2D eigenvalue weighted by molar-refractivity contribution is 5.82. The third kappa shape index (κ3) is 4.51. The Hall–Kier alpha value is -2.51. The van der Waals surface area contributed by atoms with E-state index in [9.17, 15) is 14.9 Å². The van der Waals surface area contributed by atoms with Gasteiger partial charge in [0.15, 0.2) is 11.5 Å². The second-order valence-corrected chi connectivity index (χ2v) is 4.56. The molecule has 0 saturated carbocycles. The monoisotopic (exact) mass is 297 g/mol. The summed E-state index contributed by atoms with van der Waals surface area (Å²) in [5.41, 5.74) is 0.00144. The van der Waals surface area contributed by atoms with E-state index in [2.05, 4.69) is 10.6 Å². The molecule has 0 aromatic heterocycles. The highest BCUT2D eigenvalue weighted by atomic mass is 16.6. The molecule has 116 valence electrons. The first kappa shape index (κ1) is 16.5. The number of anilines is 1. The largest absolute Gasteiger partial charge is 0.493 e. The van der Waals surface area contributed by atoms with Gasteiger partial charge in [0, 0.05) is 12.1 Å². The second-order valence-electron chi connectivity index (χ2n) is 4.56. The average Bonchev–Trinajstić information content (AvgIpc) is 2.43. The first-order chi connectivity index (χ1) is 9.88.